The van der Waals surface area contributed by atoms with E-state index in [0.29, 0.717) is 25.4 Å². The molecule has 0 radical (unpaired) electrons. The van der Waals surface area contributed by atoms with Gasteiger partial charge in [-0.05, 0) is 13.3 Å². The van der Waals surface area contributed by atoms with Gasteiger partial charge in [-0.15, -0.1) is 12.4 Å². The quantitative estimate of drug-likeness (QED) is 0.780. The van der Waals surface area contributed by atoms with Gasteiger partial charge in [-0.25, -0.2) is 0 Å². The molecule has 2 aliphatic rings. The fourth-order valence-corrected chi connectivity index (χ4v) is 3.53. The van der Waals surface area contributed by atoms with E-state index in [1.807, 2.05) is 23.6 Å². The van der Waals surface area contributed by atoms with Gasteiger partial charge in [-0.1, -0.05) is 0 Å². The lowest BCUT2D eigenvalue weighted by atomic mass is 10.2. The Labute approximate surface area is 131 Å². The summed E-state index contributed by atoms with van der Waals surface area (Å²) < 4.78 is 0. The van der Waals surface area contributed by atoms with E-state index in [4.69, 9.17) is 0 Å². The Morgan fingerprint density at radius 1 is 1.60 bits per heavy atom. The predicted octanol–water partition coefficient (Wildman–Crippen LogP) is 0.630. The maximum absolute atomic E-state index is 11.9. The number of hydrogen-bond acceptors (Lipinski definition) is 4. The van der Waals surface area contributed by atoms with Gasteiger partial charge in [-0.2, -0.15) is 11.8 Å². The first-order valence-electron chi connectivity index (χ1n) is 7.03. The van der Waals surface area contributed by atoms with Crippen LogP contribution >= 0.6 is 24.2 Å². The zero-order chi connectivity index (χ0) is 13.7. The molecule has 5 nitrogen and oxygen atoms in total. The summed E-state index contributed by atoms with van der Waals surface area (Å²) in [7, 11) is 0. The fourth-order valence-electron chi connectivity index (χ4n) is 2.58. The molecule has 2 heterocycles. The molecule has 0 aromatic carbocycles. The van der Waals surface area contributed by atoms with Crippen LogP contribution in [-0.2, 0) is 9.59 Å². The second kappa shape index (κ2) is 8.74. The Hall–Kier alpha value is -0.460. The number of carbonyl (C=O) groups excluding carboxylic acids is 2. The molecule has 2 atom stereocenters. The Morgan fingerprint density at radius 2 is 2.40 bits per heavy atom. The molecule has 2 saturated heterocycles. The molecule has 0 spiro atoms. The van der Waals surface area contributed by atoms with E-state index < -0.39 is 0 Å². The summed E-state index contributed by atoms with van der Waals surface area (Å²) in [6.45, 7) is 4.42. The van der Waals surface area contributed by atoms with Crippen molar-refractivity contribution in [3.63, 3.8) is 0 Å². The lowest BCUT2D eigenvalue weighted by Crippen LogP contribution is -2.46. The van der Waals surface area contributed by atoms with Gasteiger partial charge in [0, 0.05) is 56.1 Å². The average molecular weight is 322 g/mol. The van der Waals surface area contributed by atoms with E-state index >= 15 is 0 Å². The van der Waals surface area contributed by atoms with Crippen LogP contribution in [0.1, 0.15) is 26.2 Å². The van der Waals surface area contributed by atoms with Crippen molar-refractivity contribution in [3.8, 4) is 0 Å². The van der Waals surface area contributed by atoms with Crippen LogP contribution in [0.5, 0.6) is 0 Å². The second-order valence-electron chi connectivity index (χ2n) is 5.34. The molecule has 2 fully saturated rings. The zero-order valence-electron chi connectivity index (χ0n) is 11.9. The van der Waals surface area contributed by atoms with Crippen LogP contribution < -0.4 is 10.6 Å². The molecule has 0 aliphatic carbocycles. The minimum absolute atomic E-state index is 0. The van der Waals surface area contributed by atoms with Gasteiger partial charge in [0.15, 0.2) is 0 Å². The molecule has 2 unspecified atom stereocenters. The summed E-state index contributed by atoms with van der Waals surface area (Å²) in [4.78, 5) is 25.3. The van der Waals surface area contributed by atoms with E-state index in [0.717, 1.165) is 31.0 Å². The molecule has 0 aromatic heterocycles. The third-order valence-corrected chi connectivity index (χ3v) is 4.63. The molecular weight excluding hydrogens is 298 g/mol. The Kier molecular flexibility index (Phi) is 7.69. The molecule has 2 amide bonds. The van der Waals surface area contributed by atoms with Gasteiger partial charge in [0.1, 0.15) is 0 Å². The van der Waals surface area contributed by atoms with Crippen LogP contribution in [-0.4, -0.2) is 59.9 Å². The van der Waals surface area contributed by atoms with Crippen molar-refractivity contribution in [2.24, 2.45) is 0 Å². The van der Waals surface area contributed by atoms with E-state index in [9.17, 15) is 9.59 Å². The SMILES string of the molecule is CC(CN1CCCC1=O)NC(=O)CC1CSCCN1.Cl. The highest BCUT2D eigenvalue weighted by atomic mass is 35.5. The molecule has 2 rings (SSSR count). The summed E-state index contributed by atoms with van der Waals surface area (Å²) >= 11 is 1.89. The first-order chi connectivity index (χ1) is 9.15. The summed E-state index contributed by atoms with van der Waals surface area (Å²) in [5.41, 5.74) is 0. The van der Waals surface area contributed by atoms with Gasteiger partial charge in [0.05, 0.1) is 0 Å². The predicted molar refractivity (Wildman–Crippen MR) is 84.4 cm³/mol. The van der Waals surface area contributed by atoms with Crippen molar-refractivity contribution < 1.29 is 9.59 Å². The van der Waals surface area contributed by atoms with E-state index in [2.05, 4.69) is 10.6 Å². The molecule has 2 N–H and O–H groups in total. The summed E-state index contributed by atoms with van der Waals surface area (Å²) in [5, 5.41) is 6.35. The number of likely N-dealkylation sites (tertiary alicyclic amines) is 1. The molecular formula is C13H24ClN3O2S. The number of rotatable bonds is 5. The summed E-state index contributed by atoms with van der Waals surface area (Å²) in [6, 6.07) is 0.324. The molecule has 0 saturated carbocycles. The topological polar surface area (TPSA) is 61.4 Å². The first kappa shape index (κ1) is 17.6. The zero-order valence-corrected chi connectivity index (χ0v) is 13.5. The van der Waals surface area contributed by atoms with Crippen molar-refractivity contribution >= 4 is 36.0 Å². The van der Waals surface area contributed by atoms with Gasteiger partial charge in [-0.3, -0.25) is 9.59 Å². The first-order valence-corrected chi connectivity index (χ1v) is 8.19. The minimum Gasteiger partial charge on any atom is -0.352 e. The number of hydrogen-bond donors (Lipinski definition) is 2. The third-order valence-electron chi connectivity index (χ3n) is 3.50. The Balaban J connectivity index is 0.00000200. The molecule has 116 valence electrons. The number of nitrogens with one attached hydrogen (secondary N) is 2. The standard InChI is InChI=1S/C13H23N3O2S.ClH/c1-10(8-16-5-2-3-13(16)18)15-12(17)7-11-9-19-6-4-14-11;/h10-11,14H,2-9H2,1H3,(H,15,17);1H. The number of halogens is 1. The number of thioether (sulfide) groups is 1. The molecule has 0 aromatic rings. The van der Waals surface area contributed by atoms with E-state index in [-0.39, 0.29) is 30.3 Å². The highest BCUT2D eigenvalue weighted by molar-refractivity contribution is 7.99. The largest absolute Gasteiger partial charge is 0.352 e. The third kappa shape index (κ3) is 5.50. The number of amides is 2. The molecule has 2 aliphatic heterocycles. The molecule has 7 heteroatoms. The van der Waals surface area contributed by atoms with Gasteiger partial charge < -0.3 is 15.5 Å². The van der Waals surface area contributed by atoms with Crippen LogP contribution in [0.2, 0.25) is 0 Å². The molecule has 0 bridgehead atoms. The Bertz CT molecular complexity index is 338. The van der Waals surface area contributed by atoms with Crippen molar-refractivity contribution in [2.45, 2.75) is 38.3 Å². The van der Waals surface area contributed by atoms with Gasteiger partial charge >= 0.3 is 0 Å². The van der Waals surface area contributed by atoms with Crippen molar-refractivity contribution in [1.82, 2.24) is 15.5 Å². The van der Waals surface area contributed by atoms with Crippen LogP contribution in [0.15, 0.2) is 0 Å². The van der Waals surface area contributed by atoms with Crippen LogP contribution in [0.3, 0.4) is 0 Å². The van der Waals surface area contributed by atoms with Gasteiger partial charge in [0.25, 0.3) is 0 Å². The van der Waals surface area contributed by atoms with Crippen LogP contribution in [0.4, 0.5) is 0 Å². The van der Waals surface area contributed by atoms with Crippen molar-refractivity contribution in [3.05, 3.63) is 0 Å². The normalized spacial score (nSPS) is 24.1. The highest BCUT2D eigenvalue weighted by Crippen LogP contribution is 2.11. The van der Waals surface area contributed by atoms with E-state index in [1.165, 1.54) is 0 Å². The summed E-state index contributed by atoms with van der Waals surface area (Å²) in [6.07, 6.45) is 2.14. The maximum Gasteiger partial charge on any atom is 0.222 e. The van der Waals surface area contributed by atoms with E-state index in [1.54, 1.807) is 0 Å². The smallest absolute Gasteiger partial charge is 0.222 e. The lowest BCUT2D eigenvalue weighted by molar-refractivity contribution is -0.129. The maximum atomic E-state index is 11.9. The van der Waals surface area contributed by atoms with Crippen molar-refractivity contribution in [2.75, 3.05) is 31.1 Å². The summed E-state index contributed by atoms with van der Waals surface area (Å²) in [5.74, 6) is 2.43. The molecule has 20 heavy (non-hydrogen) atoms. The fraction of sp³-hybridized carbons (Fsp3) is 0.846. The number of nitrogens with zero attached hydrogens (tertiary/aromatic N) is 1. The lowest BCUT2D eigenvalue weighted by Gasteiger charge is -2.25. The Morgan fingerprint density at radius 3 is 3.00 bits per heavy atom. The van der Waals surface area contributed by atoms with Crippen LogP contribution in [0, 0.1) is 0 Å². The van der Waals surface area contributed by atoms with Crippen LogP contribution in [0.25, 0.3) is 0 Å². The number of carbonyl (C=O) groups is 2. The second-order valence-corrected chi connectivity index (χ2v) is 6.49. The highest BCUT2D eigenvalue weighted by Gasteiger charge is 2.23. The van der Waals surface area contributed by atoms with Gasteiger partial charge in [0.2, 0.25) is 11.8 Å². The van der Waals surface area contributed by atoms with Crippen molar-refractivity contribution in [1.29, 1.82) is 0 Å². The average Bonchev–Trinajstić information content (AvgIpc) is 2.76. The monoisotopic (exact) mass is 321 g/mol. The minimum atomic E-state index is 0.